The molecule has 0 bridgehead atoms. The molecule has 1 aliphatic rings. The van der Waals surface area contributed by atoms with Crippen molar-refractivity contribution in [3.63, 3.8) is 0 Å². The first-order valence-corrected chi connectivity index (χ1v) is 9.27. The molecule has 1 aromatic heterocycles. The second kappa shape index (κ2) is 6.29. The highest BCUT2D eigenvalue weighted by molar-refractivity contribution is 6.30. The third-order valence-electron chi connectivity index (χ3n) is 5.08. The average Bonchev–Trinajstić information content (AvgIpc) is 2.97. The predicted molar refractivity (Wildman–Crippen MR) is 109 cm³/mol. The summed E-state index contributed by atoms with van der Waals surface area (Å²) in [6.07, 6.45) is 4.11. The van der Waals surface area contributed by atoms with Gasteiger partial charge in [0, 0.05) is 5.02 Å². The normalized spacial score (nSPS) is 14.8. The van der Waals surface area contributed by atoms with Crippen LogP contribution in [0.5, 0.6) is 0 Å². The number of fused-ring (bicyclic) bond motifs is 3. The lowest BCUT2D eigenvalue weighted by atomic mass is 9.92. The molecule has 1 heterocycles. The van der Waals surface area contributed by atoms with Crippen LogP contribution in [-0.4, -0.2) is 4.98 Å². The number of aromatic amines is 1. The van der Waals surface area contributed by atoms with Gasteiger partial charge in [0.15, 0.2) is 5.58 Å². The van der Waals surface area contributed by atoms with Crippen molar-refractivity contribution in [3.8, 4) is 0 Å². The van der Waals surface area contributed by atoms with E-state index in [0.717, 1.165) is 23.4 Å². The van der Waals surface area contributed by atoms with Crippen LogP contribution in [0.15, 0.2) is 69.9 Å². The van der Waals surface area contributed by atoms with Crippen molar-refractivity contribution in [3.05, 3.63) is 104 Å². The number of benzene rings is 3. The van der Waals surface area contributed by atoms with Crippen LogP contribution < -0.4 is 5.76 Å². The molecule has 4 aromatic rings. The van der Waals surface area contributed by atoms with E-state index in [4.69, 9.17) is 16.0 Å². The number of hydrogen-bond donors (Lipinski definition) is 1. The molecular weight excluding hydrogens is 358 g/mol. The minimum absolute atomic E-state index is 0.436. The van der Waals surface area contributed by atoms with Gasteiger partial charge in [-0.3, -0.25) is 4.98 Å². The third kappa shape index (κ3) is 2.90. The summed E-state index contributed by atoms with van der Waals surface area (Å²) in [6, 6.07) is 20.4. The second-order valence-electron chi connectivity index (χ2n) is 6.79. The molecule has 1 N–H and O–H groups in total. The predicted octanol–water partition coefficient (Wildman–Crippen LogP) is 5.46. The van der Waals surface area contributed by atoms with Gasteiger partial charge in [-0.05, 0) is 76.6 Å². The Bertz CT molecular complexity index is 1260. The van der Waals surface area contributed by atoms with Crippen LogP contribution in [0.25, 0.3) is 22.7 Å². The van der Waals surface area contributed by atoms with Crippen molar-refractivity contribution < 1.29 is 4.42 Å². The Labute approximate surface area is 160 Å². The third-order valence-corrected chi connectivity index (χ3v) is 5.32. The molecule has 0 saturated heterocycles. The number of rotatable bonds is 1. The molecule has 0 saturated carbocycles. The lowest BCUT2D eigenvalue weighted by molar-refractivity contribution is 0.555. The number of H-pyrrole nitrogens is 1. The van der Waals surface area contributed by atoms with Crippen LogP contribution in [0.3, 0.4) is 0 Å². The molecule has 27 heavy (non-hydrogen) atoms. The Balaban J connectivity index is 1.75. The summed E-state index contributed by atoms with van der Waals surface area (Å²) in [4.78, 5) is 14.2. The monoisotopic (exact) mass is 373 g/mol. The molecule has 132 valence electrons. The van der Waals surface area contributed by atoms with E-state index < -0.39 is 5.76 Å². The minimum Gasteiger partial charge on any atom is -0.408 e. The molecule has 4 heteroatoms. The lowest BCUT2D eigenvalue weighted by Crippen LogP contribution is -1.93. The summed E-state index contributed by atoms with van der Waals surface area (Å²) in [7, 11) is 0. The standard InChI is InChI=1S/C23H16ClNO2/c24-17-8-9-19-16(13-17)7-6-15-3-1-2-4-18(15)20(19)11-14-5-10-22-21(12-14)25-23(26)27-22/h1-5,8-13H,6-7H2,(H,25,26)/b20-11-. The SMILES string of the molecule is O=c1[nH]c2cc(/C=C3/c4ccccc4CCc4cc(Cl)ccc43)ccc2o1. The van der Waals surface area contributed by atoms with Crippen molar-refractivity contribution in [2.75, 3.05) is 0 Å². The fourth-order valence-electron chi connectivity index (χ4n) is 3.83. The van der Waals surface area contributed by atoms with Gasteiger partial charge in [-0.2, -0.15) is 0 Å². The number of halogens is 1. The first-order chi connectivity index (χ1) is 13.2. The summed E-state index contributed by atoms with van der Waals surface area (Å²) < 4.78 is 5.11. The van der Waals surface area contributed by atoms with Gasteiger partial charge in [-0.15, -0.1) is 0 Å². The number of aryl methyl sites for hydroxylation is 2. The summed E-state index contributed by atoms with van der Waals surface area (Å²) >= 11 is 6.25. The highest BCUT2D eigenvalue weighted by Gasteiger charge is 2.18. The second-order valence-corrected chi connectivity index (χ2v) is 7.22. The van der Waals surface area contributed by atoms with Crippen molar-refractivity contribution in [1.82, 2.24) is 4.98 Å². The first-order valence-electron chi connectivity index (χ1n) is 8.89. The molecule has 3 nitrogen and oxygen atoms in total. The Morgan fingerprint density at radius 2 is 1.74 bits per heavy atom. The van der Waals surface area contributed by atoms with Gasteiger partial charge in [-0.25, -0.2) is 4.79 Å². The maximum Gasteiger partial charge on any atom is 0.417 e. The summed E-state index contributed by atoms with van der Waals surface area (Å²) in [6.45, 7) is 0. The van der Waals surface area contributed by atoms with Crippen LogP contribution in [0, 0.1) is 0 Å². The molecule has 0 radical (unpaired) electrons. The molecule has 0 amide bonds. The zero-order valence-electron chi connectivity index (χ0n) is 14.5. The van der Waals surface area contributed by atoms with Crippen molar-refractivity contribution >= 4 is 34.3 Å². The molecule has 3 aromatic carbocycles. The molecule has 0 fully saturated rings. The minimum atomic E-state index is -0.436. The number of oxazole rings is 1. The van der Waals surface area contributed by atoms with Gasteiger partial charge >= 0.3 is 5.76 Å². The van der Waals surface area contributed by atoms with E-state index in [9.17, 15) is 4.79 Å². The lowest BCUT2D eigenvalue weighted by Gasteiger charge is -2.12. The fraction of sp³-hybridized carbons (Fsp3) is 0.0870. The van der Waals surface area contributed by atoms with Gasteiger partial charge in [0.25, 0.3) is 0 Å². The first kappa shape index (κ1) is 16.2. The summed E-state index contributed by atoms with van der Waals surface area (Å²) in [5.74, 6) is -0.436. The number of hydrogen-bond acceptors (Lipinski definition) is 2. The van der Waals surface area contributed by atoms with Crippen molar-refractivity contribution in [1.29, 1.82) is 0 Å². The van der Waals surface area contributed by atoms with Crippen LogP contribution in [-0.2, 0) is 12.8 Å². The van der Waals surface area contributed by atoms with Crippen LogP contribution >= 0.6 is 11.6 Å². The smallest absolute Gasteiger partial charge is 0.408 e. The van der Waals surface area contributed by atoms with E-state index in [0.29, 0.717) is 11.1 Å². The maximum atomic E-state index is 11.4. The van der Waals surface area contributed by atoms with Gasteiger partial charge < -0.3 is 4.42 Å². The molecule has 0 unspecified atom stereocenters. The average molecular weight is 374 g/mol. The van der Waals surface area contributed by atoms with E-state index in [1.54, 1.807) is 0 Å². The maximum absolute atomic E-state index is 11.4. The number of nitrogens with one attached hydrogen (secondary N) is 1. The molecule has 5 rings (SSSR count). The Morgan fingerprint density at radius 1 is 0.926 bits per heavy atom. The molecule has 0 aliphatic heterocycles. The summed E-state index contributed by atoms with van der Waals surface area (Å²) in [5.41, 5.74) is 8.46. The highest BCUT2D eigenvalue weighted by atomic mass is 35.5. The van der Waals surface area contributed by atoms with E-state index in [1.165, 1.54) is 27.8 Å². The zero-order valence-corrected chi connectivity index (χ0v) is 15.2. The van der Waals surface area contributed by atoms with E-state index in [1.807, 2.05) is 24.3 Å². The summed E-state index contributed by atoms with van der Waals surface area (Å²) in [5, 5.41) is 0.761. The van der Waals surface area contributed by atoms with Gasteiger partial charge in [0.2, 0.25) is 0 Å². The van der Waals surface area contributed by atoms with Crippen LogP contribution in [0.2, 0.25) is 5.02 Å². The van der Waals surface area contributed by atoms with E-state index >= 15 is 0 Å². The van der Waals surface area contributed by atoms with Crippen molar-refractivity contribution in [2.24, 2.45) is 0 Å². The Kier molecular flexibility index (Phi) is 3.76. The van der Waals surface area contributed by atoms with Crippen molar-refractivity contribution in [2.45, 2.75) is 12.8 Å². The quantitative estimate of drug-likeness (QED) is 0.481. The van der Waals surface area contributed by atoms with E-state index in [-0.39, 0.29) is 0 Å². The fourth-order valence-corrected chi connectivity index (χ4v) is 4.02. The molecule has 0 spiro atoms. The Morgan fingerprint density at radius 3 is 2.67 bits per heavy atom. The largest absolute Gasteiger partial charge is 0.417 e. The number of aromatic nitrogens is 1. The van der Waals surface area contributed by atoms with E-state index in [2.05, 4.69) is 47.5 Å². The van der Waals surface area contributed by atoms with Gasteiger partial charge in [-0.1, -0.05) is 48.0 Å². The molecule has 0 atom stereocenters. The highest BCUT2D eigenvalue weighted by Crippen LogP contribution is 2.36. The topological polar surface area (TPSA) is 46.0 Å². The van der Waals surface area contributed by atoms with Gasteiger partial charge in [0.05, 0.1) is 5.52 Å². The molecule has 1 aliphatic carbocycles. The van der Waals surface area contributed by atoms with Crippen LogP contribution in [0.1, 0.15) is 27.8 Å². The Hall–Kier alpha value is -3.04. The molecular formula is C23H16ClNO2. The van der Waals surface area contributed by atoms with Crippen LogP contribution in [0.4, 0.5) is 0 Å². The van der Waals surface area contributed by atoms with Gasteiger partial charge in [0.1, 0.15) is 0 Å². The zero-order chi connectivity index (χ0) is 18.4.